The van der Waals surface area contributed by atoms with E-state index in [1.165, 1.54) is 11.8 Å². The van der Waals surface area contributed by atoms with E-state index in [0.717, 1.165) is 17.7 Å². The fourth-order valence-electron chi connectivity index (χ4n) is 1.45. The van der Waals surface area contributed by atoms with Crippen molar-refractivity contribution in [3.8, 4) is 5.75 Å². The molecule has 1 saturated heterocycles. The zero-order valence-corrected chi connectivity index (χ0v) is 11.6. The highest BCUT2D eigenvalue weighted by Crippen LogP contribution is 2.26. The summed E-state index contributed by atoms with van der Waals surface area (Å²) < 4.78 is 6.00. The maximum Gasteiger partial charge on any atom is 0.263 e. The van der Waals surface area contributed by atoms with Gasteiger partial charge in [-0.2, -0.15) is 0 Å². The van der Waals surface area contributed by atoms with Crippen LogP contribution in [0.4, 0.5) is 0 Å². The van der Waals surface area contributed by atoms with Gasteiger partial charge in [-0.1, -0.05) is 43.0 Å². The molecule has 5 heteroatoms. The summed E-state index contributed by atoms with van der Waals surface area (Å²) >= 11 is 6.22. The van der Waals surface area contributed by atoms with Gasteiger partial charge in [0.05, 0.1) is 11.5 Å². The van der Waals surface area contributed by atoms with Gasteiger partial charge in [-0.25, -0.2) is 0 Å². The summed E-state index contributed by atoms with van der Waals surface area (Å²) in [7, 11) is 0. The van der Waals surface area contributed by atoms with Crippen LogP contribution in [0, 0.1) is 0 Å². The molecule has 0 aliphatic carbocycles. The summed E-state index contributed by atoms with van der Waals surface area (Å²) in [4.78, 5) is 12.1. The summed E-state index contributed by atoms with van der Waals surface area (Å²) in [6.45, 7) is 2.78. The first-order valence-electron chi connectivity index (χ1n) is 5.67. The Labute approximate surface area is 116 Å². The molecule has 0 atom stereocenters. The third-order valence-corrected chi connectivity index (χ3v) is 3.46. The second kappa shape index (κ2) is 6.02. The SMILES string of the molecule is CCCOc1ccc(C=C2SC(=S)NC2=O)cc1. The fraction of sp³-hybridized carbons (Fsp3) is 0.231. The molecule has 0 unspecified atom stereocenters. The first-order valence-corrected chi connectivity index (χ1v) is 6.89. The summed E-state index contributed by atoms with van der Waals surface area (Å²) in [5, 5.41) is 2.59. The predicted molar refractivity (Wildman–Crippen MR) is 78.5 cm³/mol. The van der Waals surface area contributed by atoms with Gasteiger partial charge in [-0.15, -0.1) is 0 Å². The smallest absolute Gasteiger partial charge is 0.263 e. The Morgan fingerprint density at radius 1 is 1.39 bits per heavy atom. The highest BCUT2D eigenvalue weighted by molar-refractivity contribution is 8.26. The molecule has 0 bridgehead atoms. The van der Waals surface area contributed by atoms with E-state index in [1.54, 1.807) is 0 Å². The van der Waals surface area contributed by atoms with Gasteiger partial charge in [0.25, 0.3) is 5.91 Å². The van der Waals surface area contributed by atoms with Crippen molar-refractivity contribution in [1.82, 2.24) is 5.32 Å². The quantitative estimate of drug-likeness (QED) is 0.679. The van der Waals surface area contributed by atoms with Gasteiger partial charge < -0.3 is 10.1 Å². The summed E-state index contributed by atoms with van der Waals surface area (Å²) in [5.41, 5.74) is 0.959. The monoisotopic (exact) mass is 279 g/mol. The number of benzene rings is 1. The Kier molecular flexibility index (Phi) is 4.38. The van der Waals surface area contributed by atoms with E-state index in [2.05, 4.69) is 12.2 Å². The molecule has 1 aromatic carbocycles. The molecular weight excluding hydrogens is 266 g/mol. The van der Waals surface area contributed by atoms with Crippen LogP contribution in [0.25, 0.3) is 6.08 Å². The van der Waals surface area contributed by atoms with E-state index < -0.39 is 0 Å². The lowest BCUT2D eigenvalue weighted by Crippen LogP contribution is -2.17. The van der Waals surface area contributed by atoms with Crippen LogP contribution in [0.1, 0.15) is 18.9 Å². The number of thiocarbonyl (C=S) groups is 1. The molecule has 0 spiro atoms. The van der Waals surface area contributed by atoms with Gasteiger partial charge >= 0.3 is 0 Å². The van der Waals surface area contributed by atoms with E-state index in [9.17, 15) is 4.79 Å². The number of carbonyl (C=O) groups excluding carboxylic acids is 1. The molecule has 94 valence electrons. The third kappa shape index (κ3) is 3.34. The minimum absolute atomic E-state index is 0.128. The molecule has 3 nitrogen and oxygen atoms in total. The average Bonchev–Trinajstić information content (AvgIpc) is 2.67. The van der Waals surface area contributed by atoms with Crippen LogP contribution >= 0.6 is 24.0 Å². The molecule has 1 aromatic rings. The van der Waals surface area contributed by atoms with E-state index in [0.29, 0.717) is 15.8 Å². The molecule has 1 heterocycles. The molecule has 0 aromatic heterocycles. The molecule has 2 rings (SSSR count). The fourth-order valence-corrected chi connectivity index (χ4v) is 2.50. The summed E-state index contributed by atoms with van der Waals surface area (Å²) in [6.07, 6.45) is 2.81. The number of ether oxygens (including phenoxy) is 1. The zero-order chi connectivity index (χ0) is 13.0. The molecule has 1 amide bonds. The first-order chi connectivity index (χ1) is 8.69. The molecular formula is C13H13NO2S2. The molecule has 1 fully saturated rings. The van der Waals surface area contributed by atoms with E-state index in [4.69, 9.17) is 17.0 Å². The normalized spacial score (nSPS) is 17.1. The lowest BCUT2D eigenvalue weighted by Gasteiger charge is -2.04. The van der Waals surface area contributed by atoms with E-state index in [1.807, 2.05) is 30.3 Å². The van der Waals surface area contributed by atoms with Crippen molar-refractivity contribution in [2.45, 2.75) is 13.3 Å². The minimum atomic E-state index is -0.128. The molecule has 1 aliphatic rings. The maximum atomic E-state index is 11.5. The Morgan fingerprint density at radius 3 is 2.67 bits per heavy atom. The van der Waals surface area contributed by atoms with E-state index in [-0.39, 0.29) is 5.91 Å². The number of hydrogen-bond acceptors (Lipinski definition) is 4. The van der Waals surface area contributed by atoms with Gasteiger partial charge in [0.15, 0.2) is 0 Å². The lowest BCUT2D eigenvalue weighted by atomic mass is 10.2. The topological polar surface area (TPSA) is 38.3 Å². The molecule has 0 radical (unpaired) electrons. The molecule has 18 heavy (non-hydrogen) atoms. The lowest BCUT2D eigenvalue weighted by molar-refractivity contribution is -0.115. The van der Waals surface area contributed by atoms with E-state index >= 15 is 0 Å². The largest absolute Gasteiger partial charge is 0.494 e. The van der Waals surface area contributed by atoms with Crippen LogP contribution in [-0.4, -0.2) is 16.8 Å². The Bertz CT molecular complexity index is 494. The van der Waals surface area contributed by atoms with Crippen molar-refractivity contribution in [2.75, 3.05) is 6.61 Å². The highest BCUT2D eigenvalue weighted by atomic mass is 32.2. The van der Waals surface area contributed by atoms with Crippen molar-refractivity contribution in [2.24, 2.45) is 0 Å². The molecule has 1 N–H and O–H groups in total. The van der Waals surface area contributed by atoms with Gasteiger partial charge in [0, 0.05) is 0 Å². The molecule has 0 saturated carbocycles. The van der Waals surface area contributed by atoms with Crippen LogP contribution in [-0.2, 0) is 4.79 Å². The van der Waals surface area contributed by atoms with Gasteiger partial charge in [-0.05, 0) is 30.2 Å². The van der Waals surface area contributed by atoms with Gasteiger partial charge in [-0.3, -0.25) is 4.79 Å². The number of nitrogens with one attached hydrogen (secondary N) is 1. The Balaban J connectivity index is 2.08. The highest BCUT2D eigenvalue weighted by Gasteiger charge is 2.21. The number of hydrogen-bond donors (Lipinski definition) is 1. The molecule has 1 aliphatic heterocycles. The van der Waals surface area contributed by atoms with Crippen LogP contribution in [0.2, 0.25) is 0 Å². The summed E-state index contributed by atoms with van der Waals surface area (Å²) in [5.74, 6) is 0.717. The first kappa shape index (κ1) is 13.1. The predicted octanol–water partition coefficient (Wildman–Crippen LogP) is 2.96. The average molecular weight is 279 g/mol. The summed E-state index contributed by atoms with van der Waals surface area (Å²) in [6, 6.07) is 7.65. The van der Waals surface area contributed by atoms with Crippen molar-refractivity contribution in [1.29, 1.82) is 0 Å². The Morgan fingerprint density at radius 2 is 2.11 bits per heavy atom. The van der Waals surface area contributed by atoms with Crippen LogP contribution in [0.5, 0.6) is 5.75 Å². The van der Waals surface area contributed by atoms with Gasteiger partial charge in [0.2, 0.25) is 0 Å². The number of thioether (sulfide) groups is 1. The van der Waals surface area contributed by atoms with Crippen LogP contribution in [0.15, 0.2) is 29.2 Å². The number of carbonyl (C=O) groups is 1. The third-order valence-electron chi connectivity index (χ3n) is 2.29. The van der Waals surface area contributed by atoms with Crippen molar-refractivity contribution >= 4 is 40.3 Å². The van der Waals surface area contributed by atoms with Crippen molar-refractivity contribution in [3.05, 3.63) is 34.7 Å². The van der Waals surface area contributed by atoms with Gasteiger partial charge in [0.1, 0.15) is 10.1 Å². The maximum absolute atomic E-state index is 11.5. The second-order valence-electron chi connectivity index (χ2n) is 3.77. The second-order valence-corrected chi connectivity index (χ2v) is 5.49. The Hall–Kier alpha value is -1.33. The minimum Gasteiger partial charge on any atom is -0.494 e. The van der Waals surface area contributed by atoms with Crippen molar-refractivity contribution in [3.63, 3.8) is 0 Å². The standard InChI is InChI=1S/C13H13NO2S2/c1-2-7-16-10-5-3-9(4-6-10)8-11-12(15)14-13(17)18-11/h3-6,8H,2,7H2,1H3,(H,14,15,17). The number of amides is 1. The van der Waals surface area contributed by atoms with Crippen LogP contribution in [0.3, 0.4) is 0 Å². The van der Waals surface area contributed by atoms with Crippen molar-refractivity contribution < 1.29 is 9.53 Å². The number of rotatable bonds is 4. The zero-order valence-electron chi connectivity index (χ0n) is 9.93. The van der Waals surface area contributed by atoms with Crippen LogP contribution < -0.4 is 10.1 Å².